The summed E-state index contributed by atoms with van der Waals surface area (Å²) >= 11 is 3.37. The predicted molar refractivity (Wildman–Crippen MR) is 141 cm³/mol. The molecule has 0 aliphatic carbocycles. The number of benzene rings is 1. The van der Waals surface area contributed by atoms with Crippen LogP contribution in [0.4, 0.5) is 21.7 Å². The number of aromatic nitrogens is 1. The summed E-state index contributed by atoms with van der Waals surface area (Å²) in [7, 11) is 0. The van der Waals surface area contributed by atoms with Gasteiger partial charge in [0.25, 0.3) is 0 Å². The topological polar surface area (TPSA) is 71.3 Å². The van der Waals surface area contributed by atoms with E-state index in [2.05, 4.69) is 44.0 Å². The first kappa shape index (κ1) is 23.2. The molecule has 1 fully saturated rings. The van der Waals surface area contributed by atoms with Crippen LogP contribution >= 0.6 is 22.7 Å². The van der Waals surface area contributed by atoms with Crippen molar-refractivity contribution in [1.29, 1.82) is 0 Å². The Morgan fingerprint density at radius 3 is 2.23 bits per heavy atom. The van der Waals surface area contributed by atoms with E-state index in [0.29, 0.717) is 31.3 Å². The number of pyridine rings is 1. The number of thiophene rings is 2. The highest BCUT2D eigenvalue weighted by Crippen LogP contribution is 2.37. The van der Waals surface area contributed by atoms with Crippen molar-refractivity contribution < 1.29 is 9.31 Å². The zero-order valence-corrected chi connectivity index (χ0v) is 20.4. The summed E-state index contributed by atoms with van der Waals surface area (Å²) < 4.78 is 13.2. The van der Waals surface area contributed by atoms with Crippen molar-refractivity contribution in [3.05, 3.63) is 108 Å². The smallest absolute Gasteiger partial charge is 0.311 e. The largest absolute Gasteiger partial charge is 0.366 e. The van der Waals surface area contributed by atoms with Crippen LogP contribution < -0.4 is 10.2 Å². The van der Waals surface area contributed by atoms with Gasteiger partial charge in [0.15, 0.2) is 0 Å². The Kier molecular flexibility index (Phi) is 6.87. The molecule has 1 N–H and O–H groups in total. The number of anilines is 2. The van der Waals surface area contributed by atoms with Crippen molar-refractivity contribution in [3.8, 4) is 0 Å². The van der Waals surface area contributed by atoms with Crippen LogP contribution in [-0.4, -0.2) is 23.0 Å². The van der Waals surface area contributed by atoms with Crippen LogP contribution in [0.15, 0.2) is 75.6 Å². The number of nitrogens with zero attached hydrogens (tertiary/aromatic N) is 3. The third-order valence-electron chi connectivity index (χ3n) is 6.08. The van der Waals surface area contributed by atoms with Crippen molar-refractivity contribution in [1.82, 2.24) is 4.98 Å². The Balaban J connectivity index is 1.37. The Morgan fingerprint density at radius 1 is 1.00 bits per heavy atom. The van der Waals surface area contributed by atoms with E-state index in [-0.39, 0.29) is 16.4 Å². The summed E-state index contributed by atoms with van der Waals surface area (Å²) in [6, 6.07) is 13.6. The maximum absolute atomic E-state index is 13.2. The molecule has 178 valence electrons. The molecule has 4 heterocycles. The molecular weight excluding hydrogens is 483 g/mol. The number of halogens is 1. The summed E-state index contributed by atoms with van der Waals surface area (Å²) in [5.41, 5.74) is 6.01. The van der Waals surface area contributed by atoms with Gasteiger partial charge in [-0.05, 0) is 87.0 Å². The van der Waals surface area contributed by atoms with Crippen LogP contribution in [0.25, 0.3) is 5.57 Å². The fraction of sp³-hybridized carbons (Fsp3) is 0.192. The molecular formula is C26H23FN4O2S2. The molecule has 0 spiro atoms. The van der Waals surface area contributed by atoms with Gasteiger partial charge < -0.3 is 10.2 Å². The Morgan fingerprint density at radius 2 is 1.66 bits per heavy atom. The molecule has 1 saturated heterocycles. The molecule has 9 heteroatoms. The predicted octanol–water partition coefficient (Wildman–Crippen LogP) is 6.97. The first-order valence-electron chi connectivity index (χ1n) is 11.2. The lowest BCUT2D eigenvalue weighted by atomic mass is 9.91. The van der Waals surface area contributed by atoms with Crippen molar-refractivity contribution in [2.45, 2.75) is 19.4 Å². The Bertz CT molecular complexity index is 1290. The van der Waals surface area contributed by atoms with Crippen LogP contribution in [0.3, 0.4) is 0 Å². The van der Waals surface area contributed by atoms with Crippen molar-refractivity contribution in [3.63, 3.8) is 0 Å². The molecule has 5 rings (SSSR count). The summed E-state index contributed by atoms with van der Waals surface area (Å²) in [5, 5.41) is 23.5. The molecule has 1 aliphatic rings. The van der Waals surface area contributed by atoms with E-state index in [1.807, 2.05) is 4.90 Å². The minimum atomic E-state index is -0.375. The second kappa shape index (κ2) is 10.4. The van der Waals surface area contributed by atoms with Gasteiger partial charge in [-0.1, -0.05) is 17.7 Å². The van der Waals surface area contributed by atoms with Gasteiger partial charge in [0, 0.05) is 25.7 Å². The molecule has 0 atom stereocenters. The van der Waals surface area contributed by atoms with E-state index in [0.717, 1.165) is 18.4 Å². The van der Waals surface area contributed by atoms with Crippen LogP contribution in [0.1, 0.15) is 29.5 Å². The van der Waals surface area contributed by atoms with Crippen LogP contribution in [0.5, 0.6) is 0 Å². The lowest BCUT2D eigenvalue weighted by Crippen LogP contribution is -2.32. The summed E-state index contributed by atoms with van der Waals surface area (Å²) in [4.78, 5) is 18.0. The SMILES string of the molecule is O=[N+]([O-])c1ccc(NCc2ccc(F)cc2)nc1N1CCC(=C(c2ccsc2)c2ccsc2)CC1. The second-order valence-corrected chi connectivity index (χ2v) is 9.83. The van der Waals surface area contributed by atoms with Crippen LogP contribution in [0.2, 0.25) is 0 Å². The molecule has 35 heavy (non-hydrogen) atoms. The lowest BCUT2D eigenvalue weighted by molar-refractivity contribution is -0.384. The first-order valence-corrected chi connectivity index (χ1v) is 13.1. The normalized spacial score (nSPS) is 13.6. The molecule has 0 bridgehead atoms. The van der Waals surface area contributed by atoms with Gasteiger partial charge >= 0.3 is 5.69 Å². The monoisotopic (exact) mass is 506 g/mol. The molecule has 3 aromatic heterocycles. The first-order chi connectivity index (χ1) is 17.1. The van der Waals surface area contributed by atoms with Gasteiger partial charge in [-0.15, -0.1) is 0 Å². The molecule has 4 aromatic rings. The van der Waals surface area contributed by atoms with E-state index < -0.39 is 0 Å². The summed E-state index contributed by atoms with van der Waals surface area (Å²) in [6.45, 7) is 1.76. The minimum Gasteiger partial charge on any atom is -0.366 e. The van der Waals surface area contributed by atoms with Crippen LogP contribution in [0, 0.1) is 15.9 Å². The van der Waals surface area contributed by atoms with Gasteiger partial charge in [-0.25, -0.2) is 9.37 Å². The number of piperidine rings is 1. The summed E-state index contributed by atoms with van der Waals surface area (Å²) in [6.07, 6.45) is 1.63. The molecule has 1 aromatic carbocycles. The lowest BCUT2D eigenvalue weighted by Gasteiger charge is -2.30. The standard InChI is InChI=1S/C26H23FN4O2S2/c27-22-3-1-18(2-4-22)15-28-24-6-5-23(31(32)33)26(29-24)30-11-7-19(8-12-30)25(20-9-13-34-16-20)21-10-14-35-17-21/h1-6,9-10,13-14,16-17H,7-8,11-12,15H2,(H,28,29). The molecule has 0 saturated carbocycles. The Hall–Kier alpha value is -3.56. The molecule has 0 radical (unpaired) electrons. The second-order valence-electron chi connectivity index (χ2n) is 8.27. The minimum absolute atomic E-state index is 0.000606. The molecule has 0 amide bonds. The zero-order valence-electron chi connectivity index (χ0n) is 18.8. The number of nitro groups is 1. The maximum atomic E-state index is 13.2. The quantitative estimate of drug-likeness (QED) is 0.217. The Labute approximate surface area is 210 Å². The maximum Gasteiger partial charge on any atom is 0.311 e. The average Bonchev–Trinajstić information content (AvgIpc) is 3.60. The number of nitrogens with one attached hydrogen (secondary N) is 1. The zero-order chi connectivity index (χ0) is 24.2. The van der Waals surface area contributed by atoms with E-state index >= 15 is 0 Å². The van der Waals surface area contributed by atoms with Crippen molar-refractivity contribution in [2.75, 3.05) is 23.3 Å². The van der Waals surface area contributed by atoms with Crippen molar-refractivity contribution in [2.24, 2.45) is 0 Å². The highest BCUT2D eigenvalue weighted by atomic mass is 32.1. The molecule has 0 unspecified atom stereocenters. The van der Waals surface area contributed by atoms with E-state index in [9.17, 15) is 14.5 Å². The fourth-order valence-corrected chi connectivity index (χ4v) is 5.63. The number of hydrogen-bond acceptors (Lipinski definition) is 7. The third-order valence-corrected chi connectivity index (χ3v) is 7.44. The molecule has 6 nitrogen and oxygen atoms in total. The van der Waals surface area contributed by atoms with E-state index in [1.165, 1.54) is 40.5 Å². The average molecular weight is 507 g/mol. The van der Waals surface area contributed by atoms with Crippen molar-refractivity contribution >= 4 is 45.6 Å². The van der Waals surface area contributed by atoms with Crippen LogP contribution in [-0.2, 0) is 6.54 Å². The van der Waals surface area contributed by atoms with Gasteiger partial charge in [0.2, 0.25) is 5.82 Å². The molecule has 1 aliphatic heterocycles. The fourth-order valence-electron chi connectivity index (χ4n) is 4.34. The number of hydrogen-bond donors (Lipinski definition) is 1. The highest BCUT2D eigenvalue weighted by Gasteiger charge is 2.26. The number of rotatable bonds is 7. The van der Waals surface area contributed by atoms with E-state index in [4.69, 9.17) is 0 Å². The van der Waals surface area contributed by atoms with Gasteiger partial charge in [-0.2, -0.15) is 22.7 Å². The van der Waals surface area contributed by atoms with Gasteiger partial charge in [0.05, 0.1) is 4.92 Å². The third kappa shape index (κ3) is 5.26. The van der Waals surface area contributed by atoms with E-state index in [1.54, 1.807) is 40.9 Å². The summed E-state index contributed by atoms with van der Waals surface area (Å²) in [5.74, 6) is 0.642. The van der Waals surface area contributed by atoms with Gasteiger partial charge in [0.1, 0.15) is 11.6 Å². The van der Waals surface area contributed by atoms with Gasteiger partial charge in [-0.3, -0.25) is 10.1 Å². The highest BCUT2D eigenvalue weighted by molar-refractivity contribution is 7.08.